The molecular formula is C10H13N3. The van der Waals surface area contributed by atoms with Crippen molar-refractivity contribution in [1.82, 2.24) is 5.32 Å². The lowest BCUT2D eigenvalue weighted by atomic mass is 10.1. The summed E-state index contributed by atoms with van der Waals surface area (Å²) in [7, 11) is 1.81. The number of nitrogens with one attached hydrogen (secondary N) is 2. The monoisotopic (exact) mass is 175 g/mol. The minimum atomic E-state index is 0.734. The molecule has 3 nitrogen and oxygen atoms in total. The van der Waals surface area contributed by atoms with Crippen LogP contribution in [0.1, 0.15) is 5.56 Å². The molecule has 0 aliphatic carbocycles. The second-order valence-corrected chi connectivity index (χ2v) is 2.65. The topological polar surface area (TPSA) is 61.9 Å². The SMILES string of the molecule is CN/C=C(\C=N)c1ccc(N)cc1. The Hall–Kier alpha value is -1.77. The molecule has 0 radical (unpaired) electrons. The summed E-state index contributed by atoms with van der Waals surface area (Å²) in [5, 5.41) is 10.1. The summed E-state index contributed by atoms with van der Waals surface area (Å²) in [6.07, 6.45) is 3.08. The first-order valence-corrected chi connectivity index (χ1v) is 4.01. The fourth-order valence-electron chi connectivity index (χ4n) is 1.04. The molecule has 0 spiro atoms. The van der Waals surface area contributed by atoms with E-state index in [4.69, 9.17) is 11.1 Å². The molecule has 0 amide bonds. The van der Waals surface area contributed by atoms with Gasteiger partial charge in [-0.1, -0.05) is 12.1 Å². The van der Waals surface area contributed by atoms with E-state index in [-0.39, 0.29) is 0 Å². The van der Waals surface area contributed by atoms with Crippen LogP contribution in [-0.4, -0.2) is 13.3 Å². The van der Waals surface area contributed by atoms with Gasteiger partial charge in [-0.25, -0.2) is 0 Å². The highest BCUT2D eigenvalue weighted by Gasteiger charge is 1.96. The van der Waals surface area contributed by atoms with E-state index in [0.29, 0.717) is 0 Å². The highest BCUT2D eigenvalue weighted by Crippen LogP contribution is 2.13. The first-order valence-electron chi connectivity index (χ1n) is 4.01. The van der Waals surface area contributed by atoms with E-state index in [9.17, 15) is 0 Å². The van der Waals surface area contributed by atoms with Crippen LogP contribution in [0.25, 0.3) is 5.57 Å². The second-order valence-electron chi connectivity index (χ2n) is 2.65. The average Bonchev–Trinajstić information content (AvgIpc) is 2.16. The van der Waals surface area contributed by atoms with Crippen molar-refractivity contribution in [2.45, 2.75) is 0 Å². The van der Waals surface area contributed by atoms with Crippen LogP contribution < -0.4 is 11.1 Å². The number of allylic oxidation sites excluding steroid dienone is 1. The zero-order chi connectivity index (χ0) is 9.68. The van der Waals surface area contributed by atoms with Crippen molar-refractivity contribution >= 4 is 17.5 Å². The minimum Gasteiger partial charge on any atom is -0.399 e. The number of anilines is 1. The molecular weight excluding hydrogens is 162 g/mol. The van der Waals surface area contributed by atoms with Gasteiger partial charge in [0.2, 0.25) is 0 Å². The van der Waals surface area contributed by atoms with Crippen LogP contribution in [0.4, 0.5) is 5.69 Å². The predicted molar refractivity (Wildman–Crippen MR) is 56.7 cm³/mol. The van der Waals surface area contributed by atoms with Crippen molar-refractivity contribution < 1.29 is 0 Å². The third kappa shape index (κ3) is 2.33. The number of nitrogen functional groups attached to an aromatic ring is 1. The van der Waals surface area contributed by atoms with Crippen LogP contribution in [0, 0.1) is 5.41 Å². The van der Waals surface area contributed by atoms with E-state index in [1.807, 2.05) is 24.3 Å². The maximum Gasteiger partial charge on any atom is 0.0314 e. The first-order chi connectivity index (χ1) is 6.27. The fraction of sp³-hybridized carbons (Fsp3) is 0.100. The number of benzene rings is 1. The van der Waals surface area contributed by atoms with Crippen molar-refractivity contribution in [2.75, 3.05) is 12.8 Å². The summed E-state index contributed by atoms with van der Waals surface area (Å²) >= 11 is 0. The van der Waals surface area contributed by atoms with Crippen molar-refractivity contribution in [2.24, 2.45) is 0 Å². The zero-order valence-electron chi connectivity index (χ0n) is 7.54. The van der Waals surface area contributed by atoms with Crippen molar-refractivity contribution in [1.29, 1.82) is 5.41 Å². The molecule has 0 saturated carbocycles. The van der Waals surface area contributed by atoms with Gasteiger partial charge >= 0.3 is 0 Å². The maximum absolute atomic E-state index is 7.19. The van der Waals surface area contributed by atoms with Gasteiger partial charge in [-0.05, 0) is 17.7 Å². The third-order valence-corrected chi connectivity index (χ3v) is 1.70. The van der Waals surface area contributed by atoms with Crippen molar-refractivity contribution in [3.63, 3.8) is 0 Å². The van der Waals surface area contributed by atoms with Crippen LogP contribution in [0.3, 0.4) is 0 Å². The zero-order valence-corrected chi connectivity index (χ0v) is 7.54. The molecule has 68 valence electrons. The van der Waals surface area contributed by atoms with Gasteiger partial charge in [0.1, 0.15) is 0 Å². The maximum atomic E-state index is 7.19. The van der Waals surface area contributed by atoms with Crippen LogP contribution >= 0.6 is 0 Å². The summed E-state index contributed by atoms with van der Waals surface area (Å²) in [6, 6.07) is 7.43. The molecule has 13 heavy (non-hydrogen) atoms. The number of hydrogen-bond acceptors (Lipinski definition) is 3. The molecule has 0 fully saturated rings. The third-order valence-electron chi connectivity index (χ3n) is 1.70. The lowest BCUT2D eigenvalue weighted by Crippen LogP contribution is -1.97. The van der Waals surface area contributed by atoms with E-state index in [2.05, 4.69) is 5.32 Å². The van der Waals surface area contributed by atoms with E-state index in [0.717, 1.165) is 16.8 Å². The molecule has 0 aromatic heterocycles. The van der Waals surface area contributed by atoms with E-state index in [1.54, 1.807) is 13.2 Å². The van der Waals surface area contributed by atoms with Crippen LogP contribution in [0.2, 0.25) is 0 Å². The van der Waals surface area contributed by atoms with E-state index < -0.39 is 0 Å². The summed E-state index contributed by atoms with van der Waals surface area (Å²) < 4.78 is 0. The van der Waals surface area contributed by atoms with Crippen LogP contribution in [0.5, 0.6) is 0 Å². The van der Waals surface area contributed by atoms with Gasteiger partial charge in [-0.2, -0.15) is 0 Å². The predicted octanol–water partition coefficient (Wildman–Crippen LogP) is 1.48. The van der Waals surface area contributed by atoms with Gasteiger partial charge in [0, 0.05) is 30.7 Å². The Kier molecular flexibility index (Phi) is 3.09. The van der Waals surface area contributed by atoms with Gasteiger partial charge in [0.05, 0.1) is 0 Å². The Morgan fingerprint density at radius 2 is 2.00 bits per heavy atom. The molecule has 0 unspecified atom stereocenters. The molecule has 0 bridgehead atoms. The molecule has 0 aliphatic rings. The molecule has 0 aliphatic heterocycles. The molecule has 3 heteroatoms. The molecule has 1 aromatic carbocycles. The Morgan fingerprint density at radius 1 is 1.38 bits per heavy atom. The summed E-state index contributed by atoms with van der Waals surface area (Å²) in [6.45, 7) is 0. The molecule has 0 heterocycles. The highest BCUT2D eigenvalue weighted by atomic mass is 14.8. The standard InChI is InChI=1S/C10H13N3/c1-13-7-9(6-11)8-2-4-10(12)5-3-8/h2-7,11,13H,12H2,1H3/b9-7+,11-6?. The van der Waals surface area contributed by atoms with Gasteiger partial charge < -0.3 is 16.5 Å². The Morgan fingerprint density at radius 3 is 2.46 bits per heavy atom. The Balaban J connectivity index is 2.99. The van der Waals surface area contributed by atoms with Gasteiger partial charge in [0.25, 0.3) is 0 Å². The molecule has 0 saturated heterocycles. The Bertz CT molecular complexity index is 311. The molecule has 1 aromatic rings. The number of rotatable bonds is 3. The van der Waals surface area contributed by atoms with E-state index >= 15 is 0 Å². The first kappa shape index (κ1) is 9.32. The highest BCUT2D eigenvalue weighted by molar-refractivity contribution is 6.08. The van der Waals surface area contributed by atoms with Crippen molar-refractivity contribution in [3.05, 3.63) is 36.0 Å². The number of nitrogens with two attached hydrogens (primary N) is 1. The average molecular weight is 175 g/mol. The summed E-state index contributed by atoms with van der Waals surface area (Å²) in [5.74, 6) is 0. The smallest absolute Gasteiger partial charge is 0.0314 e. The minimum absolute atomic E-state index is 0.734. The Labute approximate surface area is 77.8 Å². The van der Waals surface area contributed by atoms with E-state index in [1.165, 1.54) is 6.21 Å². The van der Waals surface area contributed by atoms with Crippen molar-refractivity contribution in [3.8, 4) is 0 Å². The van der Waals surface area contributed by atoms with Crippen LogP contribution in [-0.2, 0) is 0 Å². The molecule has 4 N–H and O–H groups in total. The quantitative estimate of drug-likeness (QED) is 0.481. The number of hydrogen-bond donors (Lipinski definition) is 3. The van der Waals surface area contributed by atoms with Gasteiger partial charge in [-0.15, -0.1) is 0 Å². The lowest BCUT2D eigenvalue weighted by molar-refractivity contribution is 1.11. The fourth-order valence-corrected chi connectivity index (χ4v) is 1.04. The summed E-state index contributed by atoms with van der Waals surface area (Å²) in [5.41, 5.74) is 8.10. The second kappa shape index (κ2) is 4.30. The normalized spacial score (nSPS) is 11.0. The van der Waals surface area contributed by atoms with Crippen LogP contribution in [0.15, 0.2) is 30.5 Å². The summed E-state index contributed by atoms with van der Waals surface area (Å²) in [4.78, 5) is 0. The van der Waals surface area contributed by atoms with Gasteiger partial charge in [0.15, 0.2) is 0 Å². The largest absolute Gasteiger partial charge is 0.399 e. The molecule has 1 rings (SSSR count). The van der Waals surface area contributed by atoms with Gasteiger partial charge in [-0.3, -0.25) is 0 Å². The molecule has 0 atom stereocenters. The lowest BCUT2D eigenvalue weighted by Gasteiger charge is -2.01.